The Balaban J connectivity index is 1.70. The molecule has 0 unspecified atom stereocenters. The second-order valence-corrected chi connectivity index (χ2v) is 14.8. The Bertz CT molecular complexity index is 1830. The fraction of sp³-hybridized carbons (Fsp3) is 0.469. The number of nitrogens with zero attached hydrogens (tertiary/aromatic N) is 3. The first-order chi connectivity index (χ1) is 21.5. The number of rotatable bonds is 9. The van der Waals surface area contributed by atoms with Crippen LogP contribution in [0.5, 0.6) is 5.75 Å². The number of carbonyl (C=O) groups is 3. The van der Waals surface area contributed by atoms with Crippen molar-refractivity contribution in [1.82, 2.24) is 19.7 Å². The number of aromatic nitrogens is 1. The van der Waals surface area contributed by atoms with Crippen LogP contribution in [0.15, 0.2) is 24.3 Å². The number of methoxy groups -OCH3 is 1. The van der Waals surface area contributed by atoms with Crippen molar-refractivity contribution < 1.29 is 32.6 Å². The van der Waals surface area contributed by atoms with Crippen LogP contribution in [0.3, 0.4) is 0 Å². The van der Waals surface area contributed by atoms with Crippen molar-refractivity contribution in [2.24, 2.45) is 18.7 Å². The Kier molecular flexibility index (Phi) is 8.83. The number of sulfonamides is 1. The van der Waals surface area contributed by atoms with E-state index in [1.165, 1.54) is 7.11 Å². The van der Waals surface area contributed by atoms with Crippen LogP contribution in [0.2, 0.25) is 0 Å². The molecule has 248 valence electrons. The molecule has 1 aromatic heterocycles. The van der Waals surface area contributed by atoms with E-state index in [1.807, 2.05) is 43.9 Å². The van der Waals surface area contributed by atoms with Gasteiger partial charge in [0.2, 0.25) is 15.9 Å². The number of ether oxygens (including phenoxy) is 1. The molecule has 13 nitrogen and oxygen atoms in total. The fourth-order valence-electron chi connectivity index (χ4n) is 6.51. The number of para-hydroxylation sites is 1. The molecule has 0 aliphatic carbocycles. The topological polar surface area (TPSA) is 176 Å². The van der Waals surface area contributed by atoms with Crippen LogP contribution in [-0.4, -0.2) is 98.3 Å². The maximum Gasteiger partial charge on any atom is 0.353 e. The van der Waals surface area contributed by atoms with Gasteiger partial charge < -0.3 is 30.4 Å². The number of hydrogen-bond donors (Lipinski definition) is 4. The molecule has 2 aliphatic rings. The van der Waals surface area contributed by atoms with Crippen LogP contribution < -0.4 is 20.5 Å². The molecule has 5 N–H and O–H groups in total. The van der Waals surface area contributed by atoms with Gasteiger partial charge in [0.15, 0.2) is 5.75 Å². The highest BCUT2D eigenvalue weighted by Crippen LogP contribution is 2.49. The first kappa shape index (κ1) is 33.2. The average molecular weight is 655 g/mol. The third kappa shape index (κ3) is 6.16. The number of fused-ring (bicyclic) bond motifs is 1. The van der Waals surface area contributed by atoms with E-state index in [-0.39, 0.29) is 40.1 Å². The van der Waals surface area contributed by atoms with Crippen molar-refractivity contribution in [3.8, 4) is 16.9 Å². The lowest BCUT2D eigenvalue weighted by Crippen LogP contribution is -2.56. The Labute approximate surface area is 268 Å². The number of aromatic carboxylic acids is 1. The quantitative estimate of drug-likeness (QED) is 0.269. The van der Waals surface area contributed by atoms with E-state index >= 15 is 0 Å². The number of carbonyl (C=O) groups excluding carboxylic acids is 2. The van der Waals surface area contributed by atoms with Gasteiger partial charge in [0.1, 0.15) is 5.69 Å². The van der Waals surface area contributed by atoms with E-state index < -0.39 is 27.3 Å². The second-order valence-electron chi connectivity index (χ2n) is 13.1. The normalized spacial score (nSPS) is 16.3. The smallest absolute Gasteiger partial charge is 0.353 e. The van der Waals surface area contributed by atoms with E-state index in [4.69, 9.17) is 10.5 Å². The van der Waals surface area contributed by atoms with Crippen LogP contribution in [0.1, 0.15) is 52.7 Å². The van der Waals surface area contributed by atoms with Gasteiger partial charge in [-0.2, -0.15) is 0 Å². The van der Waals surface area contributed by atoms with Gasteiger partial charge in [-0.25, -0.2) is 13.2 Å². The molecule has 3 aromatic rings. The lowest BCUT2D eigenvalue weighted by atomic mass is 9.79. The molecule has 5 rings (SSSR count). The van der Waals surface area contributed by atoms with Gasteiger partial charge in [0, 0.05) is 69.4 Å². The van der Waals surface area contributed by atoms with Crippen LogP contribution in [0.4, 0.5) is 5.69 Å². The molecule has 0 atom stereocenters. The van der Waals surface area contributed by atoms with E-state index in [0.717, 1.165) is 24.9 Å². The summed E-state index contributed by atoms with van der Waals surface area (Å²) in [7, 11) is -0.965. The Morgan fingerprint density at radius 3 is 2.26 bits per heavy atom. The first-order valence-electron chi connectivity index (χ1n) is 15.1. The number of carboxylic acids is 1. The minimum absolute atomic E-state index is 0.0358. The van der Waals surface area contributed by atoms with Gasteiger partial charge in [0.05, 0.1) is 36.1 Å². The summed E-state index contributed by atoms with van der Waals surface area (Å²) in [4.78, 5) is 42.5. The van der Waals surface area contributed by atoms with Gasteiger partial charge in [0.25, 0.3) is 5.91 Å². The molecular weight excluding hydrogens is 612 g/mol. The molecule has 0 spiro atoms. The van der Waals surface area contributed by atoms with Crippen molar-refractivity contribution in [2.75, 3.05) is 57.4 Å². The predicted molar refractivity (Wildman–Crippen MR) is 176 cm³/mol. The molecule has 0 radical (unpaired) electrons. The summed E-state index contributed by atoms with van der Waals surface area (Å²) in [5.74, 6) is -1.90. The minimum atomic E-state index is -3.94. The van der Waals surface area contributed by atoms with Crippen LogP contribution >= 0.6 is 0 Å². The van der Waals surface area contributed by atoms with E-state index in [1.54, 1.807) is 17.7 Å². The average Bonchev–Trinajstić information content (AvgIpc) is 3.23. The summed E-state index contributed by atoms with van der Waals surface area (Å²) in [5, 5.41) is 14.4. The van der Waals surface area contributed by atoms with Gasteiger partial charge in [-0.05, 0) is 22.6 Å². The van der Waals surface area contributed by atoms with E-state index in [2.05, 4.69) is 14.9 Å². The van der Waals surface area contributed by atoms with Gasteiger partial charge in [-0.1, -0.05) is 39.0 Å². The summed E-state index contributed by atoms with van der Waals surface area (Å²) in [6, 6.07) is 7.17. The molecule has 2 fully saturated rings. The summed E-state index contributed by atoms with van der Waals surface area (Å²) >= 11 is 0. The summed E-state index contributed by atoms with van der Waals surface area (Å²) in [6.45, 7) is 10.2. The summed E-state index contributed by atoms with van der Waals surface area (Å²) < 4.78 is 35.2. The third-order valence-electron chi connectivity index (χ3n) is 8.80. The van der Waals surface area contributed by atoms with Crippen molar-refractivity contribution in [3.05, 3.63) is 46.6 Å². The maximum atomic E-state index is 13.0. The highest BCUT2D eigenvalue weighted by Gasteiger charge is 2.35. The molecule has 14 heteroatoms. The number of amides is 2. The highest BCUT2D eigenvalue weighted by molar-refractivity contribution is 7.92. The number of nitrogens with two attached hydrogens (primary N) is 1. The number of anilines is 1. The number of carboxylic acid groups (broad SMARTS) is 1. The molecule has 3 heterocycles. The third-order valence-corrected chi connectivity index (χ3v) is 9.38. The lowest BCUT2D eigenvalue weighted by Gasteiger charge is -2.38. The number of primary amides is 1. The Hall–Kier alpha value is -4.14. The van der Waals surface area contributed by atoms with Crippen molar-refractivity contribution >= 4 is 44.4 Å². The van der Waals surface area contributed by atoms with E-state index in [0.29, 0.717) is 54.8 Å². The van der Waals surface area contributed by atoms with Crippen LogP contribution in [0.25, 0.3) is 22.0 Å². The summed E-state index contributed by atoms with van der Waals surface area (Å²) in [5.41, 5.74) is 7.54. The van der Waals surface area contributed by atoms with Crippen LogP contribution in [-0.2, 0) is 33.8 Å². The van der Waals surface area contributed by atoms with Gasteiger partial charge >= 0.3 is 5.97 Å². The molecule has 0 bridgehead atoms. The van der Waals surface area contributed by atoms with Crippen LogP contribution in [0, 0.1) is 5.92 Å². The maximum absolute atomic E-state index is 13.0. The highest BCUT2D eigenvalue weighted by atomic mass is 32.2. The lowest BCUT2D eigenvalue weighted by molar-refractivity contribution is -0.138. The number of nitrogens with one attached hydrogen (secondary N) is 2. The number of hydrogen-bond acceptors (Lipinski definition) is 8. The molecule has 2 saturated heterocycles. The first-order valence-corrected chi connectivity index (χ1v) is 17.0. The van der Waals surface area contributed by atoms with Crippen molar-refractivity contribution in [2.45, 2.75) is 32.7 Å². The zero-order valence-electron chi connectivity index (χ0n) is 27.1. The number of piperazine rings is 1. The standard InChI is InChI=1S/C32H42N6O7S/c1-32(2,3)22-14-21(29(33)39)28(45-5)25(35-46(6,43)44)24(22)23-20-9-7-8-18(26(20)36(4)27(23)31(41)42)17-37-10-12-38(13-11-37)30(40)19-15-34-16-19/h7-9,14,19,34-35H,10-13,15-17H2,1-6H3,(H2,33,39)(H,41,42). The molecule has 2 aromatic carbocycles. The zero-order chi connectivity index (χ0) is 33.7. The van der Waals surface area contributed by atoms with E-state index in [9.17, 15) is 27.9 Å². The monoisotopic (exact) mass is 654 g/mol. The summed E-state index contributed by atoms with van der Waals surface area (Å²) in [6.07, 6.45) is 0.972. The van der Waals surface area contributed by atoms with Gasteiger partial charge in [-0.3, -0.25) is 19.2 Å². The van der Waals surface area contributed by atoms with Crippen molar-refractivity contribution in [1.29, 1.82) is 0 Å². The number of benzene rings is 2. The molecular formula is C32H42N6O7S. The number of aryl methyl sites for hydroxylation is 1. The predicted octanol–water partition coefficient (Wildman–Crippen LogP) is 2.18. The SMILES string of the molecule is COc1c(C(N)=O)cc(C(C)(C)C)c(-c2c(C(=O)O)n(C)c3c(CN4CCN(C(=O)C5CNC5)CC4)cccc23)c1NS(C)(=O)=O. The molecule has 0 saturated carbocycles. The molecule has 2 amide bonds. The molecule has 2 aliphatic heterocycles. The molecule has 46 heavy (non-hydrogen) atoms. The van der Waals surface area contributed by atoms with Crippen molar-refractivity contribution in [3.63, 3.8) is 0 Å². The minimum Gasteiger partial charge on any atom is -0.494 e. The fourth-order valence-corrected chi connectivity index (χ4v) is 7.08. The second kappa shape index (κ2) is 12.2. The Morgan fingerprint density at radius 2 is 1.76 bits per heavy atom. The Morgan fingerprint density at radius 1 is 1.11 bits per heavy atom. The van der Waals surface area contributed by atoms with Gasteiger partial charge in [-0.15, -0.1) is 0 Å². The zero-order valence-corrected chi connectivity index (χ0v) is 27.9. The largest absolute Gasteiger partial charge is 0.494 e.